The molecule has 1 aromatic carbocycles. The van der Waals surface area contributed by atoms with Crippen molar-refractivity contribution in [3.8, 4) is 5.69 Å². The molecule has 1 amide bonds. The number of rotatable bonds is 5. The van der Waals surface area contributed by atoms with Crippen LogP contribution >= 0.6 is 0 Å². The third kappa shape index (κ3) is 2.98. The van der Waals surface area contributed by atoms with Crippen LogP contribution in [0.5, 0.6) is 0 Å². The molecule has 1 saturated heterocycles. The molecule has 0 bridgehead atoms. The quantitative estimate of drug-likeness (QED) is 0.715. The van der Waals surface area contributed by atoms with Gasteiger partial charge in [-0.15, -0.1) is 5.10 Å². The van der Waals surface area contributed by atoms with Gasteiger partial charge < -0.3 is 15.7 Å². The summed E-state index contributed by atoms with van der Waals surface area (Å²) >= 11 is 0. The predicted octanol–water partition coefficient (Wildman–Crippen LogP) is 1.34. The number of hydrogen-bond acceptors (Lipinski definition) is 5. The van der Waals surface area contributed by atoms with Crippen molar-refractivity contribution >= 4 is 5.91 Å². The molecule has 9 heteroatoms. The third-order valence-corrected chi connectivity index (χ3v) is 6.38. The normalized spacial score (nSPS) is 23.0. The lowest BCUT2D eigenvalue weighted by atomic mass is 9.85. The molecular formula is C19H23F2N5O2. The molecule has 1 aliphatic heterocycles. The third-order valence-electron chi connectivity index (χ3n) is 6.38. The van der Waals surface area contributed by atoms with E-state index < -0.39 is 17.5 Å². The molecule has 3 N–H and O–H groups in total. The van der Waals surface area contributed by atoms with Crippen molar-refractivity contribution in [2.45, 2.75) is 26.2 Å². The zero-order valence-electron chi connectivity index (χ0n) is 15.6. The van der Waals surface area contributed by atoms with Crippen LogP contribution in [0.15, 0.2) is 18.2 Å². The lowest BCUT2D eigenvalue weighted by molar-refractivity contribution is 0.0907. The molecule has 2 aliphatic rings. The summed E-state index contributed by atoms with van der Waals surface area (Å²) < 4.78 is 27.9. The second-order valence-corrected chi connectivity index (χ2v) is 7.86. The maximum absolute atomic E-state index is 13.5. The summed E-state index contributed by atoms with van der Waals surface area (Å²) in [7, 11) is 0. The van der Waals surface area contributed by atoms with E-state index in [1.165, 1.54) is 10.7 Å². The van der Waals surface area contributed by atoms with Gasteiger partial charge in [-0.1, -0.05) is 5.21 Å². The van der Waals surface area contributed by atoms with E-state index in [1.807, 2.05) is 0 Å². The summed E-state index contributed by atoms with van der Waals surface area (Å²) in [4.78, 5) is 12.6. The van der Waals surface area contributed by atoms with Gasteiger partial charge in [-0.05, 0) is 56.8 Å². The van der Waals surface area contributed by atoms with Crippen LogP contribution in [-0.2, 0) is 0 Å². The molecule has 2 fully saturated rings. The molecule has 0 radical (unpaired) electrons. The summed E-state index contributed by atoms with van der Waals surface area (Å²) in [6, 6.07) is 3.38. The van der Waals surface area contributed by atoms with E-state index in [-0.39, 0.29) is 28.8 Å². The molecule has 2 aromatic rings. The minimum absolute atomic E-state index is 0.0355. The van der Waals surface area contributed by atoms with Gasteiger partial charge in [0, 0.05) is 18.0 Å². The van der Waals surface area contributed by atoms with Gasteiger partial charge in [-0.2, -0.15) is 0 Å². The monoisotopic (exact) mass is 391 g/mol. The zero-order chi connectivity index (χ0) is 19.9. The molecule has 4 rings (SSSR count). The number of carbonyl (C=O) groups is 1. The highest BCUT2D eigenvalue weighted by molar-refractivity contribution is 5.93. The van der Waals surface area contributed by atoms with E-state index in [0.29, 0.717) is 12.2 Å². The number of aliphatic hydroxyl groups is 1. The van der Waals surface area contributed by atoms with Crippen molar-refractivity contribution in [2.75, 3.05) is 26.2 Å². The molecular weight excluding hydrogens is 368 g/mol. The Bertz CT molecular complexity index is 910. The van der Waals surface area contributed by atoms with Crippen LogP contribution in [0.25, 0.3) is 5.69 Å². The average Bonchev–Trinajstić information content (AvgIpc) is 3.12. The van der Waals surface area contributed by atoms with Crippen molar-refractivity contribution in [2.24, 2.45) is 10.8 Å². The Morgan fingerprint density at radius 3 is 2.75 bits per heavy atom. The number of nitrogens with one attached hydrogen (secondary N) is 2. The minimum atomic E-state index is -0.996. The van der Waals surface area contributed by atoms with Gasteiger partial charge in [0.2, 0.25) is 0 Å². The first-order valence-corrected chi connectivity index (χ1v) is 9.39. The van der Waals surface area contributed by atoms with Crippen molar-refractivity contribution in [1.82, 2.24) is 25.6 Å². The number of aromatic nitrogens is 3. The Morgan fingerprint density at radius 2 is 2.07 bits per heavy atom. The highest BCUT2D eigenvalue weighted by Gasteiger charge is 2.66. The van der Waals surface area contributed by atoms with Gasteiger partial charge in [0.1, 0.15) is 0 Å². The number of halogens is 2. The fraction of sp³-hybridized carbons (Fsp3) is 0.526. The minimum Gasteiger partial charge on any atom is -0.396 e. The van der Waals surface area contributed by atoms with E-state index >= 15 is 0 Å². The van der Waals surface area contributed by atoms with Crippen LogP contribution in [0.3, 0.4) is 0 Å². The predicted molar refractivity (Wildman–Crippen MR) is 97.0 cm³/mol. The lowest BCUT2D eigenvalue weighted by Gasteiger charge is -2.29. The summed E-state index contributed by atoms with van der Waals surface area (Å²) in [6.07, 6.45) is 2.89. The van der Waals surface area contributed by atoms with Crippen molar-refractivity contribution in [3.05, 3.63) is 41.2 Å². The van der Waals surface area contributed by atoms with Crippen LogP contribution in [0.1, 0.15) is 35.4 Å². The van der Waals surface area contributed by atoms with E-state index in [4.69, 9.17) is 0 Å². The second-order valence-electron chi connectivity index (χ2n) is 7.86. The first-order valence-electron chi connectivity index (χ1n) is 9.39. The van der Waals surface area contributed by atoms with Crippen LogP contribution in [0.2, 0.25) is 0 Å². The van der Waals surface area contributed by atoms with Gasteiger partial charge in [0.15, 0.2) is 17.3 Å². The first-order chi connectivity index (χ1) is 13.4. The number of benzene rings is 1. The van der Waals surface area contributed by atoms with Crippen LogP contribution in [-0.4, -0.2) is 52.2 Å². The Morgan fingerprint density at radius 1 is 1.32 bits per heavy atom. The fourth-order valence-electron chi connectivity index (χ4n) is 4.48. The highest BCUT2D eigenvalue weighted by Crippen LogP contribution is 2.67. The smallest absolute Gasteiger partial charge is 0.273 e. The molecule has 1 spiro atoms. The maximum Gasteiger partial charge on any atom is 0.273 e. The Labute approximate surface area is 161 Å². The van der Waals surface area contributed by atoms with Gasteiger partial charge in [-0.25, -0.2) is 13.5 Å². The number of hydrogen-bond donors (Lipinski definition) is 3. The van der Waals surface area contributed by atoms with E-state index in [9.17, 15) is 18.7 Å². The lowest BCUT2D eigenvalue weighted by Crippen LogP contribution is -2.39. The summed E-state index contributed by atoms with van der Waals surface area (Å²) in [6.45, 7) is 3.91. The Hall–Kier alpha value is -2.39. The standard InChI is InChI=1S/C19H23F2N5O2/c1-12-16(24-25-26(12)13-2-3-14(20)15(21)8-13)17(28)23-10-19(11-27)9-18(19)4-6-22-7-5-18/h2-3,8,22,27H,4-7,9-11H2,1H3,(H,23,28). The number of aliphatic hydroxyl groups excluding tert-OH is 1. The van der Waals surface area contributed by atoms with Crippen LogP contribution in [0, 0.1) is 29.4 Å². The molecule has 1 atom stereocenters. The van der Waals surface area contributed by atoms with E-state index in [0.717, 1.165) is 44.5 Å². The number of carbonyl (C=O) groups excluding carboxylic acids is 1. The second kappa shape index (κ2) is 6.89. The molecule has 28 heavy (non-hydrogen) atoms. The first kappa shape index (κ1) is 18.9. The fourth-order valence-corrected chi connectivity index (χ4v) is 4.48. The largest absolute Gasteiger partial charge is 0.396 e. The number of amides is 1. The molecule has 2 heterocycles. The topological polar surface area (TPSA) is 92.1 Å². The number of piperidine rings is 1. The maximum atomic E-state index is 13.5. The zero-order valence-corrected chi connectivity index (χ0v) is 15.6. The van der Waals surface area contributed by atoms with E-state index in [2.05, 4.69) is 20.9 Å². The molecule has 7 nitrogen and oxygen atoms in total. The molecule has 1 aliphatic carbocycles. The van der Waals surface area contributed by atoms with Gasteiger partial charge in [0.05, 0.1) is 18.0 Å². The van der Waals surface area contributed by atoms with Crippen molar-refractivity contribution in [1.29, 1.82) is 0 Å². The molecule has 1 unspecified atom stereocenters. The summed E-state index contributed by atoms with van der Waals surface area (Å²) in [5.74, 6) is -2.34. The molecule has 1 aromatic heterocycles. The Balaban J connectivity index is 1.47. The van der Waals surface area contributed by atoms with Crippen molar-refractivity contribution in [3.63, 3.8) is 0 Å². The Kier molecular flexibility index (Phi) is 4.67. The highest BCUT2D eigenvalue weighted by atomic mass is 19.2. The van der Waals surface area contributed by atoms with Gasteiger partial charge in [0.25, 0.3) is 5.91 Å². The summed E-state index contributed by atoms with van der Waals surface area (Å²) in [5.41, 5.74) is 0.644. The van der Waals surface area contributed by atoms with Crippen molar-refractivity contribution < 1.29 is 18.7 Å². The summed E-state index contributed by atoms with van der Waals surface area (Å²) in [5, 5.41) is 24.0. The van der Waals surface area contributed by atoms with Crippen LogP contribution in [0.4, 0.5) is 8.78 Å². The SMILES string of the molecule is Cc1c(C(=O)NCC2(CO)CC23CCNCC3)nnn1-c1ccc(F)c(F)c1. The average molecular weight is 391 g/mol. The molecule has 150 valence electrons. The number of nitrogens with zero attached hydrogens (tertiary/aromatic N) is 3. The molecule has 1 saturated carbocycles. The van der Waals surface area contributed by atoms with Gasteiger partial charge >= 0.3 is 0 Å². The van der Waals surface area contributed by atoms with Crippen LogP contribution < -0.4 is 10.6 Å². The van der Waals surface area contributed by atoms with E-state index in [1.54, 1.807) is 6.92 Å². The van der Waals surface area contributed by atoms with Gasteiger partial charge in [-0.3, -0.25) is 4.79 Å².